The molecule has 3 nitrogen and oxygen atoms in total. The summed E-state index contributed by atoms with van der Waals surface area (Å²) in [6, 6.07) is 8.69. The highest BCUT2D eigenvalue weighted by molar-refractivity contribution is 5.37. The Hall–Kier alpha value is -1.34. The Labute approximate surface area is 148 Å². The van der Waals surface area contributed by atoms with Crippen molar-refractivity contribution in [2.24, 2.45) is 0 Å². The molecule has 0 amide bonds. The normalized spacial score (nSPS) is 19.2. The van der Waals surface area contributed by atoms with Crippen molar-refractivity contribution in [3.63, 3.8) is 0 Å². The summed E-state index contributed by atoms with van der Waals surface area (Å²) in [5.74, 6) is 6.70. The van der Waals surface area contributed by atoms with E-state index in [9.17, 15) is 0 Å². The molecule has 0 unspecified atom stereocenters. The average molecular weight is 329 g/mol. The van der Waals surface area contributed by atoms with Gasteiger partial charge in [0.05, 0.1) is 13.2 Å². The SMILES string of the molecule is C.C(#Cc1cccc(CN2CCOCC2)c1)CCN1CCCCC1. The van der Waals surface area contributed by atoms with Crippen LogP contribution in [0.3, 0.4) is 0 Å². The van der Waals surface area contributed by atoms with Crippen molar-refractivity contribution >= 4 is 0 Å². The van der Waals surface area contributed by atoms with Crippen molar-refractivity contribution in [1.82, 2.24) is 9.80 Å². The second kappa shape index (κ2) is 10.5. The van der Waals surface area contributed by atoms with E-state index in [2.05, 4.69) is 45.9 Å². The van der Waals surface area contributed by atoms with Crippen LogP contribution in [0.25, 0.3) is 0 Å². The molecule has 2 aliphatic rings. The van der Waals surface area contributed by atoms with Crippen LogP contribution < -0.4 is 0 Å². The first-order valence-electron chi connectivity index (χ1n) is 9.00. The lowest BCUT2D eigenvalue weighted by molar-refractivity contribution is 0.0342. The molecule has 0 saturated carbocycles. The number of hydrogen-bond donors (Lipinski definition) is 0. The summed E-state index contributed by atoms with van der Waals surface area (Å²) in [6.45, 7) is 8.43. The van der Waals surface area contributed by atoms with E-state index in [0.717, 1.165) is 51.4 Å². The molecule has 0 N–H and O–H groups in total. The lowest BCUT2D eigenvalue weighted by Crippen LogP contribution is -2.35. The van der Waals surface area contributed by atoms with Gasteiger partial charge in [-0.25, -0.2) is 0 Å². The number of piperidine rings is 1. The fourth-order valence-electron chi connectivity index (χ4n) is 3.33. The first kappa shape index (κ1) is 19.0. The molecule has 2 heterocycles. The highest BCUT2D eigenvalue weighted by Crippen LogP contribution is 2.10. The van der Waals surface area contributed by atoms with Crippen LogP contribution in [0.15, 0.2) is 24.3 Å². The zero-order valence-electron chi connectivity index (χ0n) is 14.1. The summed E-state index contributed by atoms with van der Waals surface area (Å²) in [5, 5.41) is 0. The van der Waals surface area contributed by atoms with Gasteiger partial charge in [-0.15, -0.1) is 0 Å². The molecule has 132 valence electrons. The molecule has 3 rings (SSSR count). The number of rotatable bonds is 4. The van der Waals surface area contributed by atoms with Crippen LogP contribution in [0.2, 0.25) is 0 Å². The zero-order valence-corrected chi connectivity index (χ0v) is 14.1. The molecule has 24 heavy (non-hydrogen) atoms. The molecule has 0 atom stereocenters. The highest BCUT2D eigenvalue weighted by Gasteiger charge is 2.10. The van der Waals surface area contributed by atoms with Gasteiger partial charge in [-0.2, -0.15) is 0 Å². The van der Waals surface area contributed by atoms with E-state index in [0.29, 0.717) is 0 Å². The lowest BCUT2D eigenvalue weighted by atomic mass is 10.1. The molecule has 0 aromatic heterocycles. The largest absolute Gasteiger partial charge is 0.379 e. The predicted molar refractivity (Wildman–Crippen MR) is 101 cm³/mol. The molecular formula is C21H32N2O. The van der Waals surface area contributed by atoms with Crippen LogP contribution in [0.5, 0.6) is 0 Å². The van der Waals surface area contributed by atoms with Crippen molar-refractivity contribution in [2.45, 2.75) is 39.7 Å². The van der Waals surface area contributed by atoms with Gasteiger partial charge >= 0.3 is 0 Å². The number of likely N-dealkylation sites (tertiary alicyclic amines) is 1. The number of morpholine rings is 1. The Kier molecular flexibility index (Phi) is 8.32. The summed E-state index contributed by atoms with van der Waals surface area (Å²) in [5.41, 5.74) is 2.50. The van der Waals surface area contributed by atoms with Gasteiger partial charge < -0.3 is 9.64 Å². The average Bonchev–Trinajstić information content (AvgIpc) is 2.61. The van der Waals surface area contributed by atoms with E-state index < -0.39 is 0 Å². The van der Waals surface area contributed by atoms with E-state index in [4.69, 9.17) is 4.74 Å². The summed E-state index contributed by atoms with van der Waals surface area (Å²) < 4.78 is 5.41. The van der Waals surface area contributed by atoms with Gasteiger partial charge in [0.15, 0.2) is 0 Å². The van der Waals surface area contributed by atoms with Crippen LogP contribution in [0.4, 0.5) is 0 Å². The molecule has 0 aliphatic carbocycles. The molecule has 0 radical (unpaired) electrons. The third-order valence-corrected chi connectivity index (χ3v) is 4.67. The first-order valence-corrected chi connectivity index (χ1v) is 9.00. The van der Waals surface area contributed by atoms with Crippen LogP contribution in [-0.2, 0) is 11.3 Å². The fraction of sp³-hybridized carbons (Fsp3) is 0.619. The minimum atomic E-state index is 0. The maximum absolute atomic E-state index is 5.41. The van der Waals surface area contributed by atoms with Crippen LogP contribution in [0.1, 0.15) is 44.2 Å². The number of nitrogens with zero attached hydrogens (tertiary/aromatic N) is 2. The topological polar surface area (TPSA) is 15.7 Å². The Morgan fingerprint density at radius 3 is 2.54 bits per heavy atom. The third kappa shape index (κ3) is 6.28. The molecular weight excluding hydrogens is 296 g/mol. The summed E-state index contributed by atoms with van der Waals surface area (Å²) >= 11 is 0. The van der Waals surface area contributed by atoms with Crippen molar-refractivity contribution in [3.05, 3.63) is 35.4 Å². The zero-order chi connectivity index (χ0) is 15.7. The predicted octanol–water partition coefficient (Wildman–Crippen LogP) is 3.38. The van der Waals surface area contributed by atoms with Gasteiger partial charge in [0, 0.05) is 38.2 Å². The van der Waals surface area contributed by atoms with Gasteiger partial charge in [-0.1, -0.05) is 37.8 Å². The summed E-state index contributed by atoms with van der Waals surface area (Å²) in [4.78, 5) is 5.00. The van der Waals surface area contributed by atoms with E-state index >= 15 is 0 Å². The van der Waals surface area contributed by atoms with E-state index in [1.165, 1.54) is 37.9 Å². The molecule has 1 aromatic rings. The highest BCUT2D eigenvalue weighted by atomic mass is 16.5. The van der Waals surface area contributed by atoms with Crippen LogP contribution in [0, 0.1) is 11.8 Å². The second-order valence-electron chi connectivity index (χ2n) is 6.54. The Morgan fingerprint density at radius 1 is 0.958 bits per heavy atom. The number of benzene rings is 1. The number of ether oxygens (including phenoxy) is 1. The van der Waals surface area contributed by atoms with Gasteiger partial charge in [0.2, 0.25) is 0 Å². The van der Waals surface area contributed by atoms with Crippen molar-refractivity contribution in [3.8, 4) is 11.8 Å². The molecule has 1 aromatic carbocycles. The van der Waals surface area contributed by atoms with Crippen molar-refractivity contribution in [1.29, 1.82) is 0 Å². The molecule has 2 saturated heterocycles. The molecule has 0 spiro atoms. The fourth-order valence-corrected chi connectivity index (χ4v) is 3.33. The Bertz CT molecular complexity index is 534. The van der Waals surface area contributed by atoms with Crippen LogP contribution in [-0.4, -0.2) is 55.7 Å². The monoisotopic (exact) mass is 328 g/mol. The number of hydrogen-bond acceptors (Lipinski definition) is 3. The maximum Gasteiger partial charge on any atom is 0.0594 e. The maximum atomic E-state index is 5.41. The Balaban J connectivity index is 0.00000208. The third-order valence-electron chi connectivity index (χ3n) is 4.67. The second-order valence-corrected chi connectivity index (χ2v) is 6.54. The van der Waals surface area contributed by atoms with E-state index in [1.54, 1.807) is 0 Å². The van der Waals surface area contributed by atoms with Crippen molar-refractivity contribution < 1.29 is 4.74 Å². The molecule has 0 bridgehead atoms. The minimum Gasteiger partial charge on any atom is -0.379 e. The standard InChI is InChI=1S/C20H28N2O.CH4/c1-3-10-21(11-4-1)12-5-2-7-19-8-6-9-20(17-19)18-22-13-15-23-16-14-22;/h6,8-9,17H,1,3-5,10-16,18H2;1H4. The smallest absolute Gasteiger partial charge is 0.0594 e. The quantitative estimate of drug-likeness (QED) is 0.788. The van der Waals surface area contributed by atoms with Gasteiger partial charge in [0.25, 0.3) is 0 Å². The molecule has 2 fully saturated rings. The van der Waals surface area contributed by atoms with Gasteiger partial charge in [0.1, 0.15) is 0 Å². The summed E-state index contributed by atoms with van der Waals surface area (Å²) in [7, 11) is 0. The first-order chi connectivity index (χ1) is 11.4. The Morgan fingerprint density at radius 2 is 1.75 bits per heavy atom. The van der Waals surface area contributed by atoms with E-state index in [-0.39, 0.29) is 7.43 Å². The van der Waals surface area contributed by atoms with E-state index in [1.807, 2.05) is 0 Å². The lowest BCUT2D eigenvalue weighted by Gasteiger charge is -2.26. The van der Waals surface area contributed by atoms with Crippen LogP contribution >= 0.6 is 0 Å². The molecule has 3 heteroatoms. The van der Waals surface area contributed by atoms with Gasteiger partial charge in [-0.3, -0.25) is 4.90 Å². The minimum absolute atomic E-state index is 0. The molecule has 2 aliphatic heterocycles. The van der Waals surface area contributed by atoms with Gasteiger partial charge in [-0.05, 0) is 43.6 Å². The summed E-state index contributed by atoms with van der Waals surface area (Å²) in [6.07, 6.45) is 5.10. The van der Waals surface area contributed by atoms with Crippen molar-refractivity contribution in [2.75, 3.05) is 45.9 Å².